The second kappa shape index (κ2) is 7.23. The summed E-state index contributed by atoms with van der Waals surface area (Å²) in [4.78, 5) is 12.2. The van der Waals surface area contributed by atoms with Crippen LogP contribution in [0.25, 0.3) is 0 Å². The number of rotatable bonds is 4. The molecule has 5 nitrogen and oxygen atoms in total. The minimum absolute atomic E-state index is 0.156. The molecule has 25 heavy (non-hydrogen) atoms. The van der Waals surface area contributed by atoms with Gasteiger partial charge in [-0.25, -0.2) is 12.8 Å². The monoisotopic (exact) mass is 362 g/mol. The fourth-order valence-corrected chi connectivity index (χ4v) is 4.43. The summed E-state index contributed by atoms with van der Waals surface area (Å²) >= 11 is 0. The molecule has 1 heterocycles. The SMILES string of the molecule is O=C(NCc1cccc(F)c1)c1ccc(N2CCCCS2(=O)=O)cc1. The Hall–Kier alpha value is -2.41. The molecule has 1 aliphatic rings. The molecule has 0 unspecified atom stereocenters. The number of halogens is 1. The second-order valence-corrected chi connectivity index (χ2v) is 7.97. The Bertz CT molecular complexity index is 866. The quantitative estimate of drug-likeness (QED) is 0.909. The third-order valence-electron chi connectivity index (χ3n) is 4.11. The fraction of sp³-hybridized carbons (Fsp3) is 0.278. The van der Waals surface area contributed by atoms with E-state index >= 15 is 0 Å². The van der Waals surface area contributed by atoms with Gasteiger partial charge in [0.25, 0.3) is 5.91 Å². The van der Waals surface area contributed by atoms with Crippen molar-refractivity contribution in [1.82, 2.24) is 5.32 Å². The van der Waals surface area contributed by atoms with Crippen molar-refractivity contribution in [3.8, 4) is 0 Å². The third kappa shape index (κ3) is 4.17. The maximum atomic E-state index is 13.1. The van der Waals surface area contributed by atoms with Crippen LogP contribution >= 0.6 is 0 Å². The van der Waals surface area contributed by atoms with Crippen LogP contribution in [0.3, 0.4) is 0 Å². The van der Waals surface area contributed by atoms with Crippen LogP contribution in [0.1, 0.15) is 28.8 Å². The van der Waals surface area contributed by atoms with Crippen LogP contribution < -0.4 is 9.62 Å². The highest BCUT2D eigenvalue weighted by Crippen LogP contribution is 2.23. The number of hydrogen-bond donors (Lipinski definition) is 1. The van der Waals surface area contributed by atoms with Gasteiger partial charge < -0.3 is 5.32 Å². The minimum atomic E-state index is -3.26. The molecule has 132 valence electrons. The van der Waals surface area contributed by atoms with Gasteiger partial charge in [-0.1, -0.05) is 12.1 Å². The number of benzene rings is 2. The molecule has 1 fully saturated rings. The van der Waals surface area contributed by atoms with Gasteiger partial charge in [-0.15, -0.1) is 0 Å². The van der Waals surface area contributed by atoms with E-state index < -0.39 is 10.0 Å². The number of anilines is 1. The molecule has 0 saturated carbocycles. The topological polar surface area (TPSA) is 66.5 Å². The van der Waals surface area contributed by atoms with E-state index in [0.29, 0.717) is 29.8 Å². The first-order chi connectivity index (χ1) is 12.0. The Kier molecular flexibility index (Phi) is 5.03. The molecule has 3 rings (SSSR count). The Morgan fingerprint density at radius 2 is 1.88 bits per heavy atom. The summed E-state index contributed by atoms with van der Waals surface area (Å²) in [6, 6.07) is 12.5. The minimum Gasteiger partial charge on any atom is -0.348 e. The van der Waals surface area contributed by atoms with E-state index in [-0.39, 0.29) is 24.0 Å². The lowest BCUT2D eigenvalue weighted by atomic mass is 10.1. The van der Waals surface area contributed by atoms with Crippen LogP contribution in [0, 0.1) is 5.82 Å². The lowest BCUT2D eigenvalue weighted by molar-refractivity contribution is 0.0951. The van der Waals surface area contributed by atoms with Crippen molar-refractivity contribution in [2.24, 2.45) is 0 Å². The molecule has 7 heteroatoms. The van der Waals surface area contributed by atoms with E-state index in [2.05, 4.69) is 5.32 Å². The van der Waals surface area contributed by atoms with Crippen molar-refractivity contribution < 1.29 is 17.6 Å². The largest absolute Gasteiger partial charge is 0.348 e. The lowest BCUT2D eigenvalue weighted by Crippen LogP contribution is -2.37. The first-order valence-electron chi connectivity index (χ1n) is 8.09. The van der Waals surface area contributed by atoms with Crippen LogP contribution in [0.2, 0.25) is 0 Å². The molecule has 1 aliphatic heterocycles. The highest BCUT2D eigenvalue weighted by Gasteiger charge is 2.25. The molecular formula is C18H19FN2O3S. The maximum Gasteiger partial charge on any atom is 0.251 e. The number of amides is 1. The zero-order valence-corrected chi connectivity index (χ0v) is 14.4. The number of nitrogens with one attached hydrogen (secondary N) is 1. The van der Waals surface area contributed by atoms with Gasteiger partial charge in [-0.3, -0.25) is 9.10 Å². The molecule has 0 spiro atoms. The second-order valence-electron chi connectivity index (χ2n) is 5.95. The van der Waals surface area contributed by atoms with Gasteiger partial charge in [0.15, 0.2) is 0 Å². The molecule has 0 aliphatic carbocycles. The van der Waals surface area contributed by atoms with Gasteiger partial charge in [-0.2, -0.15) is 0 Å². The zero-order valence-electron chi connectivity index (χ0n) is 13.6. The molecule has 0 atom stereocenters. The molecule has 1 amide bonds. The zero-order chi connectivity index (χ0) is 17.9. The van der Waals surface area contributed by atoms with E-state index in [9.17, 15) is 17.6 Å². The summed E-state index contributed by atoms with van der Waals surface area (Å²) in [5.41, 5.74) is 1.67. The average molecular weight is 362 g/mol. The first-order valence-corrected chi connectivity index (χ1v) is 9.70. The summed E-state index contributed by atoms with van der Waals surface area (Å²) in [5.74, 6) is -0.487. The number of nitrogens with zero attached hydrogens (tertiary/aromatic N) is 1. The molecular weight excluding hydrogens is 343 g/mol. The van der Waals surface area contributed by atoms with Gasteiger partial charge in [0.05, 0.1) is 11.4 Å². The lowest BCUT2D eigenvalue weighted by Gasteiger charge is -2.28. The Balaban J connectivity index is 1.66. The predicted octanol–water partition coefficient (Wildman–Crippen LogP) is 2.69. The van der Waals surface area contributed by atoms with Gasteiger partial charge >= 0.3 is 0 Å². The van der Waals surface area contributed by atoms with Crippen molar-refractivity contribution in [3.05, 3.63) is 65.5 Å². The van der Waals surface area contributed by atoms with E-state index in [0.717, 1.165) is 6.42 Å². The predicted molar refractivity (Wildman–Crippen MR) is 94.4 cm³/mol. The highest BCUT2D eigenvalue weighted by atomic mass is 32.2. The van der Waals surface area contributed by atoms with E-state index in [1.165, 1.54) is 16.4 Å². The number of carbonyl (C=O) groups is 1. The van der Waals surface area contributed by atoms with Crippen molar-refractivity contribution in [2.75, 3.05) is 16.6 Å². The summed E-state index contributed by atoms with van der Waals surface area (Å²) < 4.78 is 38.7. The van der Waals surface area contributed by atoms with Gasteiger partial charge in [-0.05, 0) is 54.8 Å². The standard InChI is InChI=1S/C18H19FN2O3S/c19-16-5-3-4-14(12-16)13-20-18(22)15-6-8-17(9-7-15)21-10-1-2-11-25(21,23)24/h3-9,12H,1-2,10-11,13H2,(H,20,22). The number of carbonyl (C=O) groups excluding carboxylic acids is 1. The fourth-order valence-electron chi connectivity index (χ4n) is 2.79. The molecule has 2 aromatic rings. The van der Waals surface area contributed by atoms with E-state index in [4.69, 9.17) is 0 Å². The molecule has 1 N–H and O–H groups in total. The normalized spacial score (nSPS) is 16.4. The van der Waals surface area contributed by atoms with Crippen LogP contribution in [0.4, 0.5) is 10.1 Å². The summed E-state index contributed by atoms with van der Waals surface area (Å²) in [6.45, 7) is 0.687. The number of sulfonamides is 1. The van der Waals surface area contributed by atoms with Crippen LogP contribution in [-0.4, -0.2) is 26.6 Å². The van der Waals surface area contributed by atoms with Crippen LogP contribution in [-0.2, 0) is 16.6 Å². The van der Waals surface area contributed by atoms with Crippen LogP contribution in [0.15, 0.2) is 48.5 Å². The van der Waals surface area contributed by atoms with Gasteiger partial charge in [0.1, 0.15) is 5.82 Å². The Morgan fingerprint density at radius 3 is 2.56 bits per heavy atom. The molecule has 0 bridgehead atoms. The molecule has 2 aromatic carbocycles. The van der Waals surface area contributed by atoms with Crippen molar-refractivity contribution in [3.63, 3.8) is 0 Å². The van der Waals surface area contributed by atoms with E-state index in [1.807, 2.05) is 0 Å². The van der Waals surface area contributed by atoms with Crippen molar-refractivity contribution >= 4 is 21.6 Å². The van der Waals surface area contributed by atoms with Crippen LogP contribution in [0.5, 0.6) is 0 Å². The molecule has 1 saturated heterocycles. The average Bonchev–Trinajstić information content (AvgIpc) is 2.60. The molecule has 0 aromatic heterocycles. The summed E-state index contributed by atoms with van der Waals surface area (Å²) in [7, 11) is -3.26. The Morgan fingerprint density at radius 1 is 1.12 bits per heavy atom. The molecule has 0 radical (unpaired) electrons. The third-order valence-corrected chi connectivity index (χ3v) is 5.98. The number of hydrogen-bond acceptors (Lipinski definition) is 3. The first kappa shape index (κ1) is 17.4. The maximum absolute atomic E-state index is 13.1. The summed E-state index contributed by atoms with van der Waals surface area (Å²) in [6.07, 6.45) is 1.51. The highest BCUT2D eigenvalue weighted by molar-refractivity contribution is 7.92. The summed E-state index contributed by atoms with van der Waals surface area (Å²) in [5, 5.41) is 2.72. The van der Waals surface area contributed by atoms with E-state index in [1.54, 1.807) is 36.4 Å². The van der Waals surface area contributed by atoms with Crippen molar-refractivity contribution in [1.29, 1.82) is 0 Å². The van der Waals surface area contributed by atoms with Gasteiger partial charge in [0.2, 0.25) is 10.0 Å². The van der Waals surface area contributed by atoms with Gasteiger partial charge in [0, 0.05) is 18.7 Å². The smallest absolute Gasteiger partial charge is 0.251 e. The van der Waals surface area contributed by atoms with Crippen molar-refractivity contribution in [2.45, 2.75) is 19.4 Å². The Labute approximate surface area is 146 Å².